The molecule has 1 aliphatic rings. The van der Waals surface area contributed by atoms with Gasteiger partial charge in [0.05, 0.1) is 11.8 Å². The summed E-state index contributed by atoms with van der Waals surface area (Å²) >= 11 is 3.19. The molecule has 5 heteroatoms. The van der Waals surface area contributed by atoms with Crippen LogP contribution in [-0.4, -0.2) is 25.5 Å². The van der Waals surface area contributed by atoms with Gasteiger partial charge in [0.1, 0.15) is 0 Å². The zero-order chi connectivity index (χ0) is 11.4. The summed E-state index contributed by atoms with van der Waals surface area (Å²) in [6.07, 6.45) is 3.75. The van der Waals surface area contributed by atoms with E-state index in [0.29, 0.717) is 16.2 Å². The van der Waals surface area contributed by atoms with Crippen LogP contribution in [0.15, 0.2) is 21.4 Å². The summed E-state index contributed by atoms with van der Waals surface area (Å²) in [6.45, 7) is 2.90. The lowest BCUT2D eigenvalue weighted by atomic mass is 10.1. The zero-order valence-corrected chi connectivity index (χ0v) is 10.5. The molecule has 0 spiro atoms. The molecule has 1 aromatic rings. The maximum atomic E-state index is 11.7. The molecule has 2 heterocycles. The van der Waals surface area contributed by atoms with Crippen LogP contribution in [0.1, 0.15) is 23.2 Å². The third kappa shape index (κ3) is 2.86. The molecule has 1 fully saturated rings. The molecule has 0 aliphatic carbocycles. The average molecular weight is 287 g/mol. The van der Waals surface area contributed by atoms with Crippen molar-refractivity contribution in [2.24, 2.45) is 5.92 Å². The zero-order valence-electron chi connectivity index (χ0n) is 8.96. The van der Waals surface area contributed by atoms with Gasteiger partial charge < -0.3 is 15.1 Å². The van der Waals surface area contributed by atoms with E-state index in [4.69, 9.17) is 4.42 Å². The molecule has 0 saturated carbocycles. The van der Waals surface area contributed by atoms with Crippen molar-refractivity contribution in [1.82, 2.24) is 10.6 Å². The minimum atomic E-state index is -0.0772. The number of carbonyl (C=O) groups is 1. The van der Waals surface area contributed by atoms with E-state index in [1.807, 2.05) is 0 Å². The molecule has 1 aromatic heterocycles. The van der Waals surface area contributed by atoms with Crippen LogP contribution in [0.2, 0.25) is 0 Å². The van der Waals surface area contributed by atoms with Crippen molar-refractivity contribution in [3.05, 3.63) is 22.6 Å². The van der Waals surface area contributed by atoms with Gasteiger partial charge in [0.2, 0.25) is 0 Å². The first-order valence-corrected chi connectivity index (χ1v) is 6.28. The van der Waals surface area contributed by atoms with E-state index in [0.717, 1.165) is 26.1 Å². The summed E-state index contributed by atoms with van der Waals surface area (Å²) in [5.41, 5.74) is 0.560. The fraction of sp³-hybridized carbons (Fsp3) is 0.545. The molecular weight excluding hydrogens is 272 g/mol. The fourth-order valence-electron chi connectivity index (χ4n) is 1.90. The second-order valence-corrected chi connectivity index (χ2v) is 4.73. The molecule has 1 amide bonds. The molecule has 1 aliphatic heterocycles. The highest BCUT2D eigenvalue weighted by Crippen LogP contribution is 2.17. The van der Waals surface area contributed by atoms with Gasteiger partial charge in [-0.25, -0.2) is 0 Å². The number of amides is 1. The van der Waals surface area contributed by atoms with Crippen molar-refractivity contribution in [2.45, 2.75) is 12.8 Å². The number of furan rings is 1. The van der Waals surface area contributed by atoms with Crippen LogP contribution in [0.5, 0.6) is 0 Å². The minimum Gasteiger partial charge on any atom is -0.457 e. The highest BCUT2D eigenvalue weighted by atomic mass is 79.9. The second kappa shape index (κ2) is 5.50. The van der Waals surface area contributed by atoms with Crippen molar-refractivity contribution in [2.75, 3.05) is 19.6 Å². The molecule has 2 N–H and O–H groups in total. The number of carbonyl (C=O) groups excluding carboxylic acids is 1. The van der Waals surface area contributed by atoms with Gasteiger partial charge in [0, 0.05) is 6.54 Å². The third-order valence-corrected chi connectivity index (χ3v) is 3.48. The van der Waals surface area contributed by atoms with Crippen molar-refractivity contribution in [3.8, 4) is 0 Å². The Hall–Kier alpha value is -0.810. The van der Waals surface area contributed by atoms with Crippen molar-refractivity contribution in [3.63, 3.8) is 0 Å². The van der Waals surface area contributed by atoms with Gasteiger partial charge in [-0.15, -0.1) is 0 Å². The molecule has 1 atom stereocenters. The lowest BCUT2D eigenvalue weighted by Crippen LogP contribution is -2.26. The normalized spacial score (nSPS) is 19.9. The summed E-state index contributed by atoms with van der Waals surface area (Å²) < 4.78 is 5.50. The van der Waals surface area contributed by atoms with Crippen LogP contribution in [-0.2, 0) is 0 Å². The van der Waals surface area contributed by atoms with E-state index >= 15 is 0 Å². The van der Waals surface area contributed by atoms with Crippen LogP contribution in [0.3, 0.4) is 0 Å². The molecular formula is C11H15BrN2O2. The van der Waals surface area contributed by atoms with Crippen LogP contribution in [0.4, 0.5) is 0 Å². The number of hydrogen-bond acceptors (Lipinski definition) is 3. The second-order valence-electron chi connectivity index (χ2n) is 4.01. The molecule has 0 radical (unpaired) electrons. The van der Waals surface area contributed by atoms with Crippen LogP contribution >= 0.6 is 15.9 Å². The number of rotatable bonds is 4. The Morgan fingerprint density at radius 2 is 2.56 bits per heavy atom. The molecule has 1 saturated heterocycles. The molecule has 1 unspecified atom stereocenters. The van der Waals surface area contributed by atoms with Gasteiger partial charge in [-0.1, -0.05) is 0 Å². The topological polar surface area (TPSA) is 54.3 Å². The van der Waals surface area contributed by atoms with Gasteiger partial charge >= 0.3 is 0 Å². The number of halogens is 1. The van der Waals surface area contributed by atoms with E-state index in [1.165, 1.54) is 12.7 Å². The van der Waals surface area contributed by atoms with Crippen LogP contribution in [0.25, 0.3) is 0 Å². The molecule has 0 bridgehead atoms. The van der Waals surface area contributed by atoms with Gasteiger partial charge in [-0.2, -0.15) is 0 Å². The summed E-state index contributed by atoms with van der Waals surface area (Å²) in [4.78, 5) is 11.7. The van der Waals surface area contributed by atoms with Crippen molar-refractivity contribution in [1.29, 1.82) is 0 Å². The predicted octanol–water partition coefficient (Wildman–Crippen LogP) is 1.77. The summed E-state index contributed by atoms with van der Waals surface area (Å²) in [5, 5.41) is 6.21. The van der Waals surface area contributed by atoms with E-state index in [9.17, 15) is 4.79 Å². The summed E-state index contributed by atoms with van der Waals surface area (Å²) in [6, 6.07) is 1.66. The minimum absolute atomic E-state index is 0.0772. The number of nitrogens with one attached hydrogen (secondary N) is 2. The Morgan fingerprint density at radius 1 is 1.69 bits per heavy atom. The third-order valence-electron chi connectivity index (χ3n) is 2.86. The molecule has 88 valence electrons. The van der Waals surface area contributed by atoms with E-state index in [2.05, 4.69) is 26.6 Å². The van der Waals surface area contributed by atoms with Crippen LogP contribution < -0.4 is 10.6 Å². The average Bonchev–Trinajstić information content (AvgIpc) is 2.88. The highest BCUT2D eigenvalue weighted by Gasteiger charge is 2.15. The monoisotopic (exact) mass is 286 g/mol. The SMILES string of the molecule is O=C(NCCC1CCNC1)c1ccoc1Br. The standard InChI is InChI=1S/C11H15BrN2O2/c12-10-9(3-6-16-10)11(15)14-5-2-8-1-4-13-7-8/h3,6,8,13H,1-2,4-5,7H2,(H,14,15). The Morgan fingerprint density at radius 3 is 3.19 bits per heavy atom. The van der Waals surface area contributed by atoms with Gasteiger partial charge in [-0.3, -0.25) is 4.79 Å². The molecule has 2 rings (SSSR count). The lowest BCUT2D eigenvalue weighted by molar-refractivity contribution is 0.0950. The maximum Gasteiger partial charge on any atom is 0.255 e. The molecule has 4 nitrogen and oxygen atoms in total. The number of hydrogen-bond donors (Lipinski definition) is 2. The summed E-state index contributed by atoms with van der Waals surface area (Å²) in [5.74, 6) is 0.625. The van der Waals surface area contributed by atoms with Gasteiger partial charge in [-0.05, 0) is 53.8 Å². The first kappa shape index (κ1) is 11.7. The lowest BCUT2D eigenvalue weighted by Gasteiger charge is -2.08. The van der Waals surface area contributed by atoms with Crippen LogP contribution in [0, 0.1) is 5.92 Å². The van der Waals surface area contributed by atoms with E-state index < -0.39 is 0 Å². The van der Waals surface area contributed by atoms with Crippen molar-refractivity contribution < 1.29 is 9.21 Å². The Balaban J connectivity index is 1.73. The van der Waals surface area contributed by atoms with Gasteiger partial charge in [0.15, 0.2) is 4.67 Å². The largest absolute Gasteiger partial charge is 0.457 e. The predicted molar refractivity (Wildman–Crippen MR) is 64.3 cm³/mol. The van der Waals surface area contributed by atoms with Gasteiger partial charge in [0.25, 0.3) is 5.91 Å². The van der Waals surface area contributed by atoms with E-state index in [1.54, 1.807) is 6.07 Å². The molecule has 16 heavy (non-hydrogen) atoms. The van der Waals surface area contributed by atoms with E-state index in [-0.39, 0.29) is 5.91 Å². The smallest absolute Gasteiger partial charge is 0.255 e. The maximum absolute atomic E-state index is 11.7. The summed E-state index contributed by atoms with van der Waals surface area (Å²) in [7, 11) is 0. The first-order chi connectivity index (χ1) is 7.77. The Bertz CT molecular complexity index is 359. The highest BCUT2D eigenvalue weighted by molar-refractivity contribution is 9.10. The molecule has 0 aromatic carbocycles. The Labute approximate surface area is 103 Å². The quantitative estimate of drug-likeness (QED) is 0.887. The van der Waals surface area contributed by atoms with Crippen molar-refractivity contribution >= 4 is 21.8 Å². The first-order valence-electron chi connectivity index (χ1n) is 5.49. The Kier molecular flexibility index (Phi) is 4.01. The fourth-order valence-corrected chi connectivity index (χ4v) is 2.32.